The molecule has 0 atom stereocenters. The second-order valence-corrected chi connectivity index (χ2v) is 4.65. The maximum Gasteiger partial charge on any atom is 0.143 e. The van der Waals surface area contributed by atoms with Crippen molar-refractivity contribution in [3.05, 3.63) is 59.4 Å². The first-order valence-corrected chi connectivity index (χ1v) is 6.43. The number of nitrogens with zero attached hydrogens (tertiary/aromatic N) is 2. The van der Waals surface area contributed by atoms with E-state index in [1.807, 2.05) is 30.3 Å². The van der Waals surface area contributed by atoms with Gasteiger partial charge in [0.15, 0.2) is 0 Å². The Bertz CT molecular complexity index is 678. The SMILES string of the molecule is N#Cc1ccc(N2CCOc3ccccc3C2)cc1F. The van der Waals surface area contributed by atoms with E-state index >= 15 is 0 Å². The number of halogens is 1. The van der Waals surface area contributed by atoms with Crippen molar-refractivity contribution in [1.82, 2.24) is 0 Å². The molecule has 0 aromatic heterocycles. The molecule has 0 spiro atoms. The number of anilines is 1. The third kappa shape index (κ3) is 2.30. The van der Waals surface area contributed by atoms with Gasteiger partial charge in [0.05, 0.1) is 12.1 Å². The van der Waals surface area contributed by atoms with Gasteiger partial charge in [-0.15, -0.1) is 0 Å². The number of rotatable bonds is 1. The topological polar surface area (TPSA) is 36.3 Å². The molecule has 0 saturated carbocycles. The summed E-state index contributed by atoms with van der Waals surface area (Å²) in [7, 11) is 0. The van der Waals surface area contributed by atoms with Crippen LogP contribution >= 0.6 is 0 Å². The maximum atomic E-state index is 13.7. The molecule has 1 heterocycles. The summed E-state index contributed by atoms with van der Waals surface area (Å²) in [4.78, 5) is 2.05. The minimum Gasteiger partial charge on any atom is -0.491 e. The second kappa shape index (κ2) is 5.22. The fraction of sp³-hybridized carbons (Fsp3) is 0.188. The highest BCUT2D eigenvalue weighted by Crippen LogP contribution is 2.26. The fourth-order valence-corrected chi connectivity index (χ4v) is 2.34. The summed E-state index contributed by atoms with van der Waals surface area (Å²) < 4.78 is 19.4. The minimum atomic E-state index is -0.483. The molecule has 3 rings (SSSR count). The first-order chi connectivity index (χ1) is 9.78. The summed E-state index contributed by atoms with van der Waals surface area (Å²) >= 11 is 0. The van der Waals surface area contributed by atoms with E-state index in [-0.39, 0.29) is 5.56 Å². The number of nitriles is 1. The lowest BCUT2D eigenvalue weighted by Crippen LogP contribution is -2.25. The Morgan fingerprint density at radius 3 is 2.85 bits per heavy atom. The largest absolute Gasteiger partial charge is 0.491 e. The van der Waals surface area contributed by atoms with Crippen LogP contribution in [0.3, 0.4) is 0 Å². The van der Waals surface area contributed by atoms with E-state index < -0.39 is 5.82 Å². The number of hydrogen-bond acceptors (Lipinski definition) is 3. The van der Waals surface area contributed by atoms with Gasteiger partial charge in [-0.2, -0.15) is 5.26 Å². The summed E-state index contributed by atoms with van der Waals surface area (Å²) in [6.07, 6.45) is 0. The predicted octanol–water partition coefficient (Wildman–Crippen LogP) is 3.10. The smallest absolute Gasteiger partial charge is 0.143 e. The van der Waals surface area contributed by atoms with Crippen molar-refractivity contribution in [3.63, 3.8) is 0 Å². The molecular formula is C16H13FN2O. The van der Waals surface area contributed by atoms with Crippen molar-refractivity contribution < 1.29 is 9.13 Å². The zero-order chi connectivity index (χ0) is 13.9. The number of ether oxygens (including phenoxy) is 1. The molecule has 0 radical (unpaired) electrons. The van der Waals surface area contributed by atoms with Crippen LogP contribution in [0, 0.1) is 17.1 Å². The van der Waals surface area contributed by atoms with Crippen molar-refractivity contribution in [2.75, 3.05) is 18.1 Å². The van der Waals surface area contributed by atoms with Gasteiger partial charge in [-0.3, -0.25) is 0 Å². The molecule has 0 aliphatic carbocycles. The average molecular weight is 268 g/mol. The third-order valence-corrected chi connectivity index (χ3v) is 3.39. The summed E-state index contributed by atoms with van der Waals surface area (Å²) in [5, 5.41) is 8.77. The molecule has 0 N–H and O–H groups in total. The maximum absolute atomic E-state index is 13.7. The molecule has 1 aliphatic rings. The molecule has 0 saturated heterocycles. The highest BCUT2D eigenvalue weighted by molar-refractivity contribution is 5.52. The van der Waals surface area contributed by atoms with Crippen LogP contribution in [0.15, 0.2) is 42.5 Å². The summed E-state index contributed by atoms with van der Waals surface area (Å²) in [6, 6.07) is 14.4. The van der Waals surface area contributed by atoms with Gasteiger partial charge >= 0.3 is 0 Å². The van der Waals surface area contributed by atoms with Crippen LogP contribution in [-0.2, 0) is 6.54 Å². The Morgan fingerprint density at radius 2 is 2.05 bits per heavy atom. The van der Waals surface area contributed by atoms with E-state index in [1.165, 1.54) is 12.1 Å². The van der Waals surface area contributed by atoms with Gasteiger partial charge in [-0.05, 0) is 24.3 Å². The van der Waals surface area contributed by atoms with Crippen LogP contribution < -0.4 is 9.64 Å². The quantitative estimate of drug-likeness (QED) is 0.797. The molecule has 0 unspecified atom stereocenters. The molecule has 2 aromatic rings. The lowest BCUT2D eigenvalue weighted by Gasteiger charge is -2.22. The van der Waals surface area contributed by atoms with E-state index in [4.69, 9.17) is 10.00 Å². The Morgan fingerprint density at radius 1 is 1.20 bits per heavy atom. The summed E-state index contributed by atoms with van der Waals surface area (Å²) in [5.41, 5.74) is 1.91. The molecule has 0 amide bonds. The van der Waals surface area contributed by atoms with Gasteiger partial charge in [-0.25, -0.2) is 4.39 Å². The Kier molecular flexibility index (Phi) is 3.26. The van der Waals surface area contributed by atoms with E-state index in [0.29, 0.717) is 19.7 Å². The highest BCUT2D eigenvalue weighted by Gasteiger charge is 2.16. The van der Waals surface area contributed by atoms with Gasteiger partial charge < -0.3 is 9.64 Å². The molecular weight excluding hydrogens is 255 g/mol. The Balaban J connectivity index is 1.92. The molecule has 3 nitrogen and oxygen atoms in total. The molecule has 20 heavy (non-hydrogen) atoms. The monoisotopic (exact) mass is 268 g/mol. The third-order valence-electron chi connectivity index (χ3n) is 3.39. The Hall–Kier alpha value is -2.54. The number of fused-ring (bicyclic) bond motifs is 1. The summed E-state index contributed by atoms with van der Waals surface area (Å²) in [5.74, 6) is 0.396. The molecule has 1 aliphatic heterocycles. The van der Waals surface area contributed by atoms with Crippen LogP contribution in [0.2, 0.25) is 0 Å². The standard InChI is InChI=1S/C16H13FN2O/c17-15-9-14(6-5-12(15)10-18)19-7-8-20-16-4-2-1-3-13(16)11-19/h1-6,9H,7-8,11H2. The molecule has 2 aromatic carbocycles. The lowest BCUT2D eigenvalue weighted by atomic mass is 10.1. The van der Waals surface area contributed by atoms with Crippen LogP contribution in [0.1, 0.15) is 11.1 Å². The zero-order valence-corrected chi connectivity index (χ0v) is 10.8. The molecule has 100 valence electrons. The number of para-hydroxylation sites is 1. The minimum absolute atomic E-state index is 0.0697. The average Bonchev–Trinajstić information content (AvgIpc) is 2.69. The first kappa shape index (κ1) is 12.5. The van der Waals surface area contributed by atoms with Crippen molar-refractivity contribution in [1.29, 1.82) is 5.26 Å². The van der Waals surface area contributed by atoms with E-state index in [9.17, 15) is 4.39 Å². The molecule has 0 bridgehead atoms. The van der Waals surface area contributed by atoms with Crippen molar-refractivity contribution in [2.45, 2.75) is 6.54 Å². The number of benzene rings is 2. The van der Waals surface area contributed by atoms with Crippen LogP contribution in [0.4, 0.5) is 10.1 Å². The van der Waals surface area contributed by atoms with Crippen LogP contribution in [-0.4, -0.2) is 13.2 Å². The van der Waals surface area contributed by atoms with Crippen molar-refractivity contribution in [2.24, 2.45) is 0 Å². The normalized spacial score (nSPS) is 13.9. The van der Waals surface area contributed by atoms with E-state index in [2.05, 4.69) is 4.90 Å². The van der Waals surface area contributed by atoms with Gasteiger partial charge in [0.25, 0.3) is 0 Å². The molecule has 0 fully saturated rings. The fourth-order valence-electron chi connectivity index (χ4n) is 2.34. The Labute approximate surface area is 116 Å². The van der Waals surface area contributed by atoms with Gasteiger partial charge in [-0.1, -0.05) is 18.2 Å². The predicted molar refractivity (Wildman–Crippen MR) is 74.1 cm³/mol. The molecule has 4 heteroatoms. The lowest BCUT2D eigenvalue weighted by molar-refractivity contribution is 0.331. The van der Waals surface area contributed by atoms with Gasteiger partial charge in [0.1, 0.15) is 24.2 Å². The second-order valence-electron chi connectivity index (χ2n) is 4.65. The van der Waals surface area contributed by atoms with Gasteiger partial charge in [0.2, 0.25) is 0 Å². The van der Waals surface area contributed by atoms with Crippen molar-refractivity contribution in [3.8, 4) is 11.8 Å². The van der Waals surface area contributed by atoms with Crippen LogP contribution in [0.5, 0.6) is 5.75 Å². The van der Waals surface area contributed by atoms with E-state index in [0.717, 1.165) is 17.0 Å². The van der Waals surface area contributed by atoms with Crippen LogP contribution in [0.25, 0.3) is 0 Å². The van der Waals surface area contributed by atoms with Gasteiger partial charge in [0, 0.05) is 17.8 Å². The number of hydrogen-bond donors (Lipinski definition) is 0. The summed E-state index contributed by atoms with van der Waals surface area (Å²) in [6.45, 7) is 1.90. The van der Waals surface area contributed by atoms with Crippen molar-refractivity contribution >= 4 is 5.69 Å². The highest BCUT2D eigenvalue weighted by atomic mass is 19.1. The first-order valence-electron chi connectivity index (χ1n) is 6.43. The van der Waals surface area contributed by atoms with E-state index in [1.54, 1.807) is 6.07 Å². The zero-order valence-electron chi connectivity index (χ0n) is 10.8.